The van der Waals surface area contributed by atoms with Crippen LogP contribution < -0.4 is 0 Å². The van der Waals surface area contributed by atoms with Crippen molar-refractivity contribution in [3.63, 3.8) is 0 Å². The topological polar surface area (TPSA) is 132 Å². The minimum absolute atomic E-state index is 0.0429. The monoisotopic (exact) mass is 662 g/mol. The van der Waals surface area contributed by atoms with Gasteiger partial charge in [0, 0.05) is 13.0 Å². The molecule has 0 aromatic heterocycles. The fraction of sp³-hybridized carbons (Fsp3) is 0.857. The Morgan fingerprint density at radius 2 is 1.18 bits per heavy atom. The maximum atomic E-state index is 12.5. The molecule has 0 fully saturated rings. The summed E-state index contributed by atoms with van der Waals surface area (Å²) in [5.41, 5.74) is 0. The Kier molecular flexibility index (Phi) is 32.1. The van der Waals surface area contributed by atoms with Crippen molar-refractivity contribution in [2.24, 2.45) is 0 Å². The number of aliphatic hydroxyl groups excluding tert-OH is 2. The molecule has 10 heteroatoms. The molecule has 0 aromatic carbocycles. The van der Waals surface area contributed by atoms with E-state index in [1.54, 1.807) is 0 Å². The van der Waals surface area contributed by atoms with Gasteiger partial charge in [0.25, 0.3) is 0 Å². The van der Waals surface area contributed by atoms with Crippen LogP contribution in [0.5, 0.6) is 0 Å². The van der Waals surface area contributed by atoms with E-state index < -0.39 is 39.2 Å². The van der Waals surface area contributed by atoms with Gasteiger partial charge in [-0.25, -0.2) is 4.57 Å². The van der Waals surface area contributed by atoms with Crippen molar-refractivity contribution in [1.82, 2.24) is 0 Å². The Bertz CT molecular complexity index is 759. The van der Waals surface area contributed by atoms with Crippen LogP contribution in [0.2, 0.25) is 0 Å². The van der Waals surface area contributed by atoms with Gasteiger partial charge < -0.3 is 24.6 Å². The predicted molar refractivity (Wildman–Crippen MR) is 182 cm³/mol. The van der Waals surface area contributed by atoms with Gasteiger partial charge in [0.1, 0.15) is 12.2 Å². The van der Waals surface area contributed by atoms with Crippen molar-refractivity contribution < 1.29 is 43.0 Å². The highest BCUT2D eigenvalue weighted by Crippen LogP contribution is 2.43. The van der Waals surface area contributed by atoms with Gasteiger partial charge in [-0.15, -0.1) is 0 Å². The summed E-state index contributed by atoms with van der Waals surface area (Å²) in [6.45, 7) is 3.40. The van der Waals surface area contributed by atoms with E-state index in [2.05, 4.69) is 38.2 Å². The Hall–Kier alpha value is -1.06. The normalized spacial score (nSPS) is 14.7. The third-order valence-electron chi connectivity index (χ3n) is 7.34. The number of phosphoric ester groups is 1. The van der Waals surface area contributed by atoms with Gasteiger partial charge in [0.2, 0.25) is 0 Å². The molecule has 0 aliphatic carbocycles. The summed E-state index contributed by atoms with van der Waals surface area (Å²) in [5, 5.41) is 18.2. The molecule has 0 spiro atoms. The molecule has 266 valence electrons. The van der Waals surface area contributed by atoms with Crippen LogP contribution in [0, 0.1) is 0 Å². The molecule has 9 nitrogen and oxygen atoms in total. The molecule has 0 aliphatic rings. The number of hydrogen-bond donors (Lipinski definition) is 3. The largest absolute Gasteiger partial charge is 0.472 e. The Labute approximate surface area is 274 Å². The number of esters is 1. The van der Waals surface area contributed by atoms with Crippen molar-refractivity contribution in [3.05, 3.63) is 24.3 Å². The van der Waals surface area contributed by atoms with Crippen LogP contribution >= 0.6 is 7.82 Å². The van der Waals surface area contributed by atoms with Crippen molar-refractivity contribution in [3.8, 4) is 0 Å². The fourth-order valence-corrected chi connectivity index (χ4v) is 5.38. The predicted octanol–water partition coefficient (Wildman–Crippen LogP) is 8.75. The Morgan fingerprint density at radius 3 is 1.76 bits per heavy atom. The Balaban J connectivity index is 4.29. The third kappa shape index (κ3) is 32.7. The number of carbonyl (C=O) groups excluding carboxylic acids is 1. The number of carbonyl (C=O) groups is 1. The summed E-state index contributed by atoms with van der Waals surface area (Å²) in [6, 6.07) is 0. The smallest absolute Gasteiger partial charge is 0.457 e. The van der Waals surface area contributed by atoms with Crippen molar-refractivity contribution in [1.29, 1.82) is 0 Å². The second kappa shape index (κ2) is 32.9. The maximum absolute atomic E-state index is 12.5. The van der Waals surface area contributed by atoms with Gasteiger partial charge in [-0.3, -0.25) is 13.8 Å². The van der Waals surface area contributed by atoms with Gasteiger partial charge in [-0.2, -0.15) is 0 Å². The van der Waals surface area contributed by atoms with Gasteiger partial charge >= 0.3 is 13.8 Å². The summed E-state index contributed by atoms with van der Waals surface area (Å²) in [4.78, 5) is 22.4. The highest BCUT2D eigenvalue weighted by molar-refractivity contribution is 7.47. The lowest BCUT2D eigenvalue weighted by atomic mass is 10.1. The first-order valence-corrected chi connectivity index (χ1v) is 19.3. The van der Waals surface area contributed by atoms with Crippen molar-refractivity contribution in [2.75, 3.05) is 33.0 Å². The van der Waals surface area contributed by atoms with E-state index in [1.807, 2.05) is 0 Å². The number of ether oxygens (including phenoxy) is 2. The summed E-state index contributed by atoms with van der Waals surface area (Å²) in [7, 11) is -4.51. The van der Waals surface area contributed by atoms with E-state index in [4.69, 9.17) is 23.6 Å². The quantitative estimate of drug-likeness (QED) is 0.0268. The lowest BCUT2D eigenvalue weighted by Gasteiger charge is -2.20. The molecular formula is C35H67O9P. The summed E-state index contributed by atoms with van der Waals surface area (Å²) >= 11 is 0. The Morgan fingerprint density at radius 1 is 0.667 bits per heavy atom. The zero-order valence-electron chi connectivity index (χ0n) is 28.6. The summed E-state index contributed by atoms with van der Waals surface area (Å²) in [6.07, 6.45) is 29.9. The average molecular weight is 663 g/mol. The highest BCUT2D eigenvalue weighted by atomic mass is 31.2. The first-order valence-electron chi connectivity index (χ1n) is 17.8. The van der Waals surface area contributed by atoms with Crippen LogP contribution in [-0.4, -0.2) is 66.3 Å². The van der Waals surface area contributed by atoms with Gasteiger partial charge in [0.05, 0.1) is 26.4 Å². The van der Waals surface area contributed by atoms with Crippen molar-refractivity contribution in [2.45, 2.75) is 161 Å². The lowest BCUT2D eigenvalue weighted by Crippen LogP contribution is -2.29. The molecule has 0 saturated heterocycles. The fourth-order valence-electron chi connectivity index (χ4n) is 4.59. The highest BCUT2D eigenvalue weighted by Gasteiger charge is 2.26. The molecule has 0 heterocycles. The first-order chi connectivity index (χ1) is 21.8. The van der Waals surface area contributed by atoms with E-state index in [0.717, 1.165) is 70.6 Å². The first kappa shape index (κ1) is 43.9. The molecule has 3 N–H and O–H groups in total. The van der Waals surface area contributed by atoms with Crippen LogP contribution in [0.1, 0.15) is 149 Å². The van der Waals surface area contributed by atoms with Gasteiger partial charge in [0.15, 0.2) is 0 Å². The van der Waals surface area contributed by atoms with E-state index in [-0.39, 0.29) is 19.6 Å². The van der Waals surface area contributed by atoms with Gasteiger partial charge in [-0.05, 0) is 57.8 Å². The van der Waals surface area contributed by atoms with E-state index >= 15 is 0 Å². The zero-order valence-corrected chi connectivity index (χ0v) is 29.5. The minimum atomic E-state index is -4.51. The summed E-state index contributed by atoms with van der Waals surface area (Å²) in [5.74, 6) is -0.396. The number of aliphatic hydroxyl groups is 2. The number of rotatable bonds is 34. The molecule has 3 unspecified atom stereocenters. The van der Waals surface area contributed by atoms with Crippen LogP contribution in [0.25, 0.3) is 0 Å². The van der Waals surface area contributed by atoms with E-state index in [9.17, 15) is 19.4 Å². The molecular weight excluding hydrogens is 595 g/mol. The van der Waals surface area contributed by atoms with Crippen LogP contribution in [0.3, 0.4) is 0 Å². The molecule has 0 aliphatic heterocycles. The molecule has 0 bridgehead atoms. The minimum Gasteiger partial charge on any atom is -0.457 e. The van der Waals surface area contributed by atoms with Gasteiger partial charge in [-0.1, -0.05) is 109 Å². The van der Waals surface area contributed by atoms with Crippen LogP contribution in [0.4, 0.5) is 0 Å². The molecule has 0 amide bonds. The van der Waals surface area contributed by atoms with Crippen molar-refractivity contribution >= 4 is 13.8 Å². The molecule has 3 atom stereocenters. The number of phosphoric acid groups is 1. The zero-order chi connectivity index (χ0) is 33.3. The molecule has 45 heavy (non-hydrogen) atoms. The standard InChI is InChI=1S/C35H67O9P/c1-3-5-7-9-11-13-15-16-17-19-21-23-25-27-35(38)44-34(32-43-45(39,40)42-30-33(37)29-36)31-41-28-26-24-22-20-18-14-12-10-8-6-4-2/h8,10,13,15,33-34,36-37H,3-7,9,11-12,14,16-32H2,1-2H3,(H,39,40)/b10-8-,15-13-. The van der Waals surface area contributed by atoms with E-state index in [0.29, 0.717) is 6.61 Å². The molecule has 0 radical (unpaired) electrons. The SMILES string of the molecule is CCC/C=C\CCCCCCCCOCC(COP(=O)(O)OCC(O)CO)OC(=O)CCCCCCC/C=C\CCCCCC. The second-order valence-electron chi connectivity index (χ2n) is 11.9. The molecule has 0 saturated carbocycles. The summed E-state index contributed by atoms with van der Waals surface area (Å²) < 4.78 is 33.1. The maximum Gasteiger partial charge on any atom is 0.472 e. The number of unbranched alkanes of at least 4 members (excludes halogenated alkanes) is 16. The number of allylic oxidation sites excluding steroid dienone is 4. The number of hydrogen-bond acceptors (Lipinski definition) is 8. The van der Waals surface area contributed by atoms with Crippen LogP contribution in [0.15, 0.2) is 24.3 Å². The lowest BCUT2D eigenvalue weighted by molar-refractivity contribution is -0.154. The molecule has 0 aromatic rings. The van der Waals surface area contributed by atoms with Crippen LogP contribution in [-0.2, 0) is 27.9 Å². The third-order valence-corrected chi connectivity index (χ3v) is 8.29. The second-order valence-corrected chi connectivity index (χ2v) is 13.3. The average Bonchev–Trinajstić information content (AvgIpc) is 3.03. The molecule has 0 rings (SSSR count). The van der Waals surface area contributed by atoms with E-state index in [1.165, 1.54) is 57.8 Å².